The second-order valence-corrected chi connectivity index (χ2v) is 8.20. The number of rotatable bonds is 10. The van der Waals surface area contributed by atoms with E-state index >= 15 is 0 Å². The third kappa shape index (κ3) is 6.07. The minimum atomic E-state index is -0.256. The van der Waals surface area contributed by atoms with E-state index in [1.165, 1.54) is 11.8 Å². The maximum atomic E-state index is 12.5. The molecule has 4 rings (SSSR count). The van der Waals surface area contributed by atoms with Gasteiger partial charge in [-0.25, -0.2) is 5.43 Å². The lowest BCUT2D eigenvalue weighted by Crippen LogP contribution is -2.20. The highest BCUT2D eigenvalue weighted by Gasteiger charge is 2.17. The van der Waals surface area contributed by atoms with Gasteiger partial charge in [0, 0.05) is 16.8 Å². The zero-order valence-corrected chi connectivity index (χ0v) is 20.2. The standard InChI is InChI=1S/C26H25N5O3S/c1-3-34-23-12-8-7-9-20(23)17-27-28-24(32)18-35-26-30-29-25(19-13-15-22(33-2)16-14-19)31(26)21-10-5-4-6-11-21/h4-17H,3,18H2,1-2H3,(H,28,32)/b27-17+. The first-order valence-corrected chi connectivity index (χ1v) is 12.0. The second kappa shape index (κ2) is 11.8. The molecule has 0 spiro atoms. The van der Waals surface area contributed by atoms with Crippen LogP contribution in [0, 0.1) is 0 Å². The molecule has 8 nitrogen and oxygen atoms in total. The van der Waals surface area contributed by atoms with E-state index in [9.17, 15) is 4.79 Å². The van der Waals surface area contributed by atoms with Gasteiger partial charge in [-0.2, -0.15) is 5.10 Å². The molecule has 0 fully saturated rings. The van der Waals surface area contributed by atoms with Crippen LogP contribution in [0.1, 0.15) is 12.5 Å². The minimum absolute atomic E-state index is 0.123. The van der Waals surface area contributed by atoms with E-state index < -0.39 is 0 Å². The van der Waals surface area contributed by atoms with Gasteiger partial charge in [0.2, 0.25) is 0 Å². The molecule has 1 amide bonds. The molecule has 0 aliphatic carbocycles. The first-order chi connectivity index (χ1) is 17.2. The largest absolute Gasteiger partial charge is 0.497 e. The van der Waals surface area contributed by atoms with Crippen molar-refractivity contribution in [3.8, 4) is 28.6 Å². The highest BCUT2D eigenvalue weighted by atomic mass is 32.2. The van der Waals surface area contributed by atoms with Crippen LogP contribution in [0.25, 0.3) is 17.1 Å². The minimum Gasteiger partial charge on any atom is -0.497 e. The zero-order valence-electron chi connectivity index (χ0n) is 19.4. The molecule has 0 aliphatic heterocycles. The summed E-state index contributed by atoms with van der Waals surface area (Å²) in [6.07, 6.45) is 1.57. The molecular formula is C26H25N5O3S. The summed E-state index contributed by atoms with van der Waals surface area (Å²) in [5.74, 6) is 2.01. The monoisotopic (exact) mass is 487 g/mol. The van der Waals surface area contributed by atoms with Crippen LogP contribution in [0.5, 0.6) is 11.5 Å². The van der Waals surface area contributed by atoms with Gasteiger partial charge in [0.15, 0.2) is 11.0 Å². The van der Waals surface area contributed by atoms with E-state index in [0.29, 0.717) is 23.3 Å². The van der Waals surface area contributed by atoms with Crippen molar-refractivity contribution >= 4 is 23.9 Å². The fourth-order valence-corrected chi connectivity index (χ4v) is 4.05. The molecule has 0 aliphatic rings. The molecule has 1 aromatic heterocycles. The highest BCUT2D eigenvalue weighted by molar-refractivity contribution is 7.99. The summed E-state index contributed by atoms with van der Waals surface area (Å²) in [5, 5.41) is 13.4. The first kappa shape index (κ1) is 24.0. The van der Waals surface area contributed by atoms with Crippen LogP contribution < -0.4 is 14.9 Å². The number of aromatic nitrogens is 3. The Bertz CT molecular complexity index is 1290. The normalized spacial score (nSPS) is 10.9. The predicted octanol–water partition coefficient (Wildman–Crippen LogP) is 4.58. The number of nitrogens with one attached hydrogen (secondary N) is 1. The van der Waals surface area contributed by atoms with E-state index in [-0.39, 0.29) is 11.7 Å². The number of hydrogen-bond donors (Lipinski definition) is 1. The van der Waals surface area contributed by atoms with Crippen LogP contribution in [-0.2, 0) is 4.79 Å². The number of carbonyl (C=O) groups excluding carboxylic acids is 1. The van der Waals surface area contributed by atoms with Crippen LogP contribution >= 0.6 is 11.8 Å². The molecular weight excluding hydrogens is 462 g/mol. The van der Waals surface area contributed by atoms with Crippen molar-refractivity contribution in [2.75, 3.05) is 19.5 Å². The summed E-state index contributed by atoms with van der Waals surface area (Å²) in [4.78, 5) is 12.5. The lowest BCUT2D eigenvalue weighted by molar-refractivity contribution is -0.118. The molecule has 3 aromatic carbocycles. The zero-order chi connectivity index (χ0) is 24.5. The van der Waals surface area contributed by atoms with Gasteiger partial charge >= 0.3 is 0 Å². The van der Waals surface area contributed by atoms with Crippen molar-refractivity contribution in [2.24, 2.45) is 5.10 Å². The number of hydrazone groups is 1. The van der Waals surface area contributed by atoms with Crippen LogP contribution in [0.2, 0.25) is 0 Å². The Morgan fingerprint density at radius 2 is 1.77 bits per heavy atom. The van der Waals surface area contributed by atoms with Crippen molar-refractivity contribution in [3.63, 3.8) is 0 Å². The van der Waals surface area contributed by atoms with Crippen molar-refractivity contribution in [1.82, 2.24) is 20.2 Å². The molecule has 9 heteroatoms. The Kier molecular flexibility index (Phi) is 8.13. The predicted molar refractivity (Wildman–Crippen MR) is 137 cm³/mol. The van der Waals surface area contributed by atoms with E-state index in [1.54, 1.807) is 13.3 Å². The third-order valence-corrected chi connectivity index (χ3v) is 5.87. The molecule has 1 heterocycles. The van der Waals surface area contributed by atoms with Gasteiger partial charge in [-0.1, -0.05) is 42.1 Å². The number of ether oxygens (including phenoxy) is 2. The Morgan fingerprint density at radius 1 is 1.03 bits per heavy atom. The lowest BCUT2D eigenvalue weighted by Gasteiger charge is -2.10. The highest BCUT2D eigenvalue weighted by Crippen LogP contribution is 2.29. The van der Waals surface area contributed by atoms with Gasteiger partial charge in [0.25, 0.3) is 5.91 Å². The second-order valence-electron chi connectivity index (χ2n) is 7.26. The van der Waals surface area contributed by atoms with E-state index in [0.717, 1.165) is 22.6 Å². The number of hydrogen-bond acceptors (Lipinski definition) is 7. The first-order valence-electron chi connectivity index (χ1n) is 11.0. The third-order valence-electron chi connectivity index (χ3n) is 4.94. The van der Waals surface area contributed by atoms with Gasteiger partial charge in [-0.15, -0.1) is 10.2 Å². The fraction of sp³-hybridized carbons (Fsp3) is 0.154. The summed E-state index contributed by atoms with van der Waals surface area (Å²) in [7, 11) is 1.63. The average Bonchev–Trinajstić information content (AvgIpc) is 3.33. The number of benzene rings is 3. The number of para-hydroxylation sites is 2. The van der Waals surface area contributed by atoms with Crippen molar-refractivity contribution in [3.05, 3.63) is 84.4 Å². The molecule has 0 bridgehead atoms. The summed E-state index contributed by atoms with van der Waals surface area (Å²) in [6.45, 7) is 2.47. The molecule has 0 unspecified atom stereocenters. The van der Waals surface area contributed by atoms with Crippen LogP contribution in [-0.4, -0.2) is 46.4 Å². The smallest absolute Gasteiger partial charge is 0.250 e. The molecule has 1 N–H and O–H groups in total. The molecule has 178 valence electrons. The van der Waals surface area contributed by atoms with Gasteiger partial charge in [-0.3, -0.25) is 9.36 Å². The summed E-state index contributed by atoms with van der Waals surface area (Å²) in [6, 6.07) is 24.9. The van der Waals surface area contributed by atoms with Crippen molar-refractivity contribution in [1.29, 1.82) is 0 Å². The topological polar surface area (TPSA) is 90.6 Å². The SMILES string of the molecule is CCOc1ccccc1/C=N/NC(=O)CSc1nnc(-c2ccc(OC)cc2)n1-c1ccccc1. The number of nitrogens with zero attached hydrogens (tertiary/aromatic N) is 4. The maximum absolute atomic E-state index is 12.5. The molecule has 35 heavy (non-hydrogen) atoms. The number of methoxy groups -OCH3 is 1. The van der Waals surface area contributed by atoms with Gasteiger partial charge in [-0.05, 0) is 55.5 Å². The van der Waals surface area contributed by atoms with E-state index in [1.807, 2.05) is 90.4 Å². The summed E-state index contributed by atoms with van der Waals surface area (Å²) < 4.78 is 12.8. The van der Waals surface area contributed by atoms with Crippen molar-refractivity contribution in [2.45, 2.75) is 12.1 Å². The van der Waals surface area contributed by atoms with Crippen molar-refractivity contribution < 1.29 is 14.3 Å². The van der Waals surface area contributed by atoms with E-state index in [4.69, 9.17) is 9.47 Å². The Balaban J connectivity index is 1.48. The quantitative estimate of drug-likeness (QED) is 0.200. The molecule has 0 radical (unpaired) electrons. The number of amides is 1. The fourth-order valence-electron chi connectivity index (χ4n) is 3.31. The Labute approximate surface area is 208 Å². The van der Waals surface area contributed by atoms with Gasteiger partial charge in [0.1, 0.15) is 11.5 Å². The van der Waals surface area contributed by atoms with Crippen LogP contribution in [0.3, 0.4) is 0 Å². The lowest BCUT2D eigenvalue weighted by atomic mass is 10.2. The van der Waals surface area contributed by atoms with Gasteiger partial charge < -0.3 is 9.47 Å². The summed E-state index contributed by atoms with van der Waals surface area (Å²) in [5.41, 5.74) is 5.14. The maximum Gasteiger partial charge on any atom is 0.250 e. The molecule has 4 aromatic rings. The van der Waals surface area contributed by atoms with Gasteiger partial charge in [0.05, 0.1) is 25.7 Å². The average molecular weight is 488 g/mol. The van der Waals surface area contributed by atoms with E-state index in [2.05, 4.69) is 20.7 Å². The van der Waals surface area contributed by atoms with Crippen LogP contribution in [0.4, 0.5) is 0 Å². The Hall–Kier alpha value is -4.11. The number of thioether (sulfide) groups is 1. The molecule has 0 saturated carbocycles. The summed E-state index contributed by atoms with van der Waals surface area (Å²) >= 11 is 1.28. The van der Waals surface area contributed by atoms with Crippen LogP contribution in [0.15, 0.2) is 89.1 Å². The molecule has 0 saturated heterocycles. The Morgan fingerprint density at radius 3 is 2.51 bits per heavy atom. The number of carbonyl (C=O) groups is 1. The molecule has 0 atom stereocenters.